The first-order chi connectivity index (χ1) is 8.72. The first-order valence-corrected chi connectivity index (χ1v) is 7.84. The number of amides is 1. The van der Waals surface area contributed by atoms with Crippen LogP contribution in [0.1, 0.15) is 39.0 Å². The van der Waals surface area contributed by atoms with Crippen molar-refractivity contribution in [3.8, 4) is 0 Å². The fourth-order valence-electron chi connectivity index (χ4n) is 3.11. The van der Waals surface area contributed by atoms with E-state index in [1.165, 1.54) is 32.4 Å². The summed E-state index contributed by atoms with van der Waals surface area (Å²) in [7, 11) is 0. The van der Waals surface area contributed by atoms with Gasteiger partial charge in [0.15, 0.2) is 0 Å². The highest BCUT2D eigenvalue weighted by molar-refractivity contribution is 6.19. The zero-order valence-electron chi connectivity index (χ0n) is 11.4. The Morgan fingerprint density at radius 1 is 1.17 bits per heavy atom. The summed E-state index contributed by atoms with van der Waals surface area (Å²) >= 11 is 5.76. The van der Waals surface area contributed by atoms with Crippen molar-refractivity contribution in [2.24, 2.45) is 5.92 Å². The Balaban J connectivity index is 1.78. The minimum Gasteiger partial charge on any atom is -0.342 e. The molecule has 0 bridgehead atoms. The van der Waals surface area contributed by atoms with Crippen molar-refractivity contribution >= 4 is 17.5 Å². The molecule has 2 fully saturated rings. The van der Waals surface area contributed by atoms with E-state index >= 15 is 0 Å². The lowest BCUT2D eigenvalue weighted by Crippen LogP contribution is -2.49. The van der Waals surface area contributed by atoms with Gasteiger partial charge in [-0.3, -0.25) is 4.79 Å². The summed E-state index contributed by atoms with van der Waals surface area (Å²) < 4.78 is 0. The molecule has 3 nitrogen and oxygen atoms in total. The van der Waals surface area contributed by atoms with Gasteiger partial charge in [-0.1, -0.05) is 13.3 Å². The molecule has 2 aliphatic rings. The molecular formula is C14H25ClN2O. The number of halogens is 1. The third-order valence-electron chi connectivity index (χ3n) is 4.34. The fraction of sp³-hybridized carbons (Fsp3) is 0.929. The molecule has 0 aromatic heterocycles. The van der Waals surface area contributed by atoms with Gasteiger partial charge < -0.3 is 9.80 Å². The maximum atomic E-state index is 12.0. The number of hydrogen-bond acceptors (Lipinski definition) is 2. The molecule has 2 heterocycles. The van der Waals surface area contributed by atoms with Gasteiger partial charge in [-0.05, 0) is 38.8 Å². The van der Waals surface area contributed by atoms with E-state index in [2.05, 4.69) is 4.90 Å². The highest BCUT2D eigenvalue weighted by atomic mass is 35.5. The molecule has 0 saturated carbocycles. The lowest BCUT2D eigenvalue weighted by Gasteiger charge is -2.40. The van der Waals surface area contributed by atoms with Gasteiger partial charge in [-0.15, -0.1) is 11.6 Å². The van der Waals surface area contributed by atoms with E-state index in [4.69, 9.17) is 11.6 Å². The average molecular weight is 273 g/mol. The molecule has 0 spiro atoms. The minimum absolute atomic E-state index is 0.0294. The van der Waals surface area contributed by atoms with E-state index in [0.29, 0.717) is 11.9 Å². The summed E-state index contributed by atoms with van der Waals surface area (Å²) in [6, 6.07) is 0.709. The van der Waals surface area contributed by atoms with Crippen LogP contribution in [0.2, 0.25) is 0 Å². The van der Waals surface area contributed by atoms with Gasteiger partial charge in [0.2, 0.25) is 5.91 Å². The molecule has 2 rings (SSSR count). The summed E-state index contributed by atoms with van der Waals surface area (Å²) in [5.74, 6) is 0.644. The smallest absolute Gasteiger partial charge is 0.226 e. The van der Waals surface area contributed by atoms with Crippen LogP contribution in [-0.4, -0.2) is 53.8 Å². The Hall–Kier alpha value is -0.280. The maximum absolute atomic E-state index is 12.0. The molecule has 2 aliphatic heterocycles. The van der Waals surface area contributed by atoms with Crippen molar-refractivity contribution in [2.75, 3.05) is 32.1 Å². The van der Waals surface area contributed by atoms with Crippen LogP contribution in [0.4, 0.5) is 0 Å². The van der Waals surface area contributed by atoms with Gasteiger partial charge in [-0.25, -0.2) is 0 Å². The first kappa shape index (κ1) is 14.1. The average Bonchev–Trinajstić information content (AvgIpc) is 2.47. The molecule has 1 atom stereocenters. The highest BCUT2D eigenvalue weighted by Crippen LogP contribution is 2.21. The zero-order chi connectivity index (χ0) is 13.0. The molecule has 4 heteroatoms. The number of carbonyl (C=O) groups excluding carboxylic acids is 1. The van der Waals surface area contributed by atoms with Gasteiger partial charge in [-0.2, -0.15) is 0 Å². The molecule has 0 aromatic rings. The normalized spacial score (nSPS) is 25.1. The van der Waals surface area contributed by atoms with Gasteiger partial charge >= 0.3 is 0 Å². The Bertz CT molecular complexity index is 271. The SMILES string of the molecule is CC(CCl)C(=O)N1CCC(N2CCCCC2)CC1. The topological polar surface area (TPSA) is 23.6 Å². The number of alkyl halides is 1. The Morgan fingerprint density at radius 3 is 2.33 bits per heavy atom. The number of nitrogens with zero attached hydrogens (tertiary/aromatic N) is 2. The number of rotatable bonds is 3. The van der Waals surface area contributed by atoms with Crippen LogP contribution in [0.5, 0.6) is 0 Å². The van der Waals surface area contributed by atoms with E-state index in [1.54, 1.807) is 0 Å². The summed E-state index contributed by atoms with van der Waals surface area (Å²) in [4.78, 5) is 16.7. The number of hydrogen-bond donors (Lipinski definition) is 0. The molecule has 0 radical (unpaired) electrons. The van der Waals surface area contributed by atoms with Crippen LogP contribution in [0.15, 0.2) is 0 Å². The van der Waals surface area contributed by atoms with Crippen LogP contribution in [0, 0.1) is 5.92 Å². The van der Waals surface area contributed by atoms with E-state index in [1.807, 2.05) is 11.8 Å². The summed E-state index contributed by atoms with van der Waals surface area (Å²) in [6.07, 6.45) is 6.37. The van der Waals surface area contributed by atoms with Crippen molar-refractivity contribution < 1.29 is 4.79 Å². The Morgan fingerprint density at radius 2 is 1.78 bits per heavy atom. The third kappa shape index (κ3) is 3.39. The van der Waals surface area contributed by atoms with Crippen molar-refractivity contribution in [1.29, 1.82) is 0 Å². The van der Waals surface area contributed by atoms with Crippen LogP contribution >= 0.6 is 11.6 Å². The number of carbonyl (C=O) groups is 1. The summed E-state index contributed by atoms with van der Waals surface area (Å²) in [6.45, 7) is 6.28. The molecule has 0 aromatic carbocycles. The fourth-order valence-corrected chi connectivity index (χ4v) is 3.24. The van der Waals surface area contributed by atoms with E-state index in [-0.39, 0.29) is 11.8 Å². The van der Waals surface area contributed by atoms with Crippen molar-refractivity contribution in [3.05, 3.63) is 0 Å². The van der Waals surface area contributed by atoms with Gasteiger partial charge in [0.1, 0.15) is 0 Å². The predicted octanol–water partition coefficient (Wildman–Crippen LogP) is 2.34. The summed E-state index contributed by atoms with van der Waals surface area (Å²) in [5.41, 5.74) is 0. The van der Waals surface area contributed by atoms with Crippen molar-refractivity contribution in [2.45, 2.75) is 45.1 Å². The quantitative estimate of drug-likeness (QED) is 0.737. The van der Waals surface area contributed by atoms with Gasteiger partial charge in [0.25, 0.3) is 0 Å². The molecule has 1 amide bonds. The second kappa shape index (κ2) is 6.76. The monoisotopic (exact) mass is 272 g/mol. The molecule has 18 heavy (non-hydrogen) atoms. The third-order valence-corrected chi connectivity index (χ3v) is 4.80. The lowest BCUT2D eigenvalue weighted by atomic mass is 9.99. The summed E-state index contributed by atoms with van der Waals surface area (Å²) in [5, 5.41) is 0. The second-order valence-electron chi connectivity index (χ2n) is 5.71. The lowest BCUT2D eigenvalue weighted by molar-refractivity contribution is -0.136. The van der Waals surface area contributed by atoms with Crippen LogP contribution in [-0.2, 0) is 4.79 Å². The van der Waals surface area contributed by atoms with Crippen molar-refractivity contribution in [1.82, 2.24) is 9.80 Å². The van der Waals surface area contributed by atoms with Crippen molar-refractivity contribution in [3.63, 3.8) is 0 Å². The highest BCUT2D eigenvalue weighted by Gasteiger charge is 2.28. The zero-order valence-corrected chi connectivity index (χ0v) is 12.2. The first-order valence-electron chi connectivity index (χ1n) is 7.31. The van der Waals surface area contributed by atoms with Gasteiger partial charge in [0, 0.05) is 30.9 Å². The van der Waals surface area contributed by atoms with E-state index in [0.717, 1.165) is 25.9 Å². The molecule has 2 saturated heterocycles. The van der Waals surface area contributed by atoms with Crippen LogP contribution in [0.3, 0.4) is 0 Å². The molecule has 1 unspecified atom stereocenters. The molecule has 104 valence electrons. The molecule has 0 aliphatic carbocycles. The Labute approximate surface area is 115 Å². The second-order valence-corrected chi connectivity index (χ2v) is 6.02. The minimum atomic E-state index is -0.0294. The molecular weight excluding hydrogens is 248 g/mol. The maximum Gasteiger partial charge on any atom is 0.226 e. The van der Waals surface area contributed by atoms with E-state index < -0.39 is 0 Å². The Kier molecular flexibility index (Phi) is 5.31. The van der Waals surface area contributed by atoms with E-state index in [9.17, 15) is 4.79 Å². The largest absolute Gasteiger partial charge is 0.342 e. The number of likely N-dealkylation sites (tertiary alicyclic amines) is 2. The van der Waals surface area contributed by atoms with Gasteiger partial charge in [0.05, 0.1) is 0 Å². The van der Waals surface area contributed by atoms with Crippen LogP contribution < -0.4 is 0 Å². The predicted molar refractivity (Wildman–Crippen MR) is 74.9 cm³/mol. The number of piperidine rings is 2. The molecule has 0 N–H and O–H groups in total. The van der Waals surface area contributed by atoms with Crippen LogP contribution in [0.25, 0.3) is 0 Å². The standard InChI is InChI=1S/C14H25ClN2O/c1-12(11-15)14(18)17-9-5-13(6-10-17)16-7-3-2-4-8-16/h12-13H,2-11H2,1H3.